The van der Waals surface area contributed by atoms with Gasteiger partial charge in [0.2, 0.25) is 5.91 Å². The van der Waals surface area contributed by atoms with Crippen molar-refractivity contribution in [3.63, 3.8) is 0 Å². The van der Waals surface area contributed by atoms with Gasteiger partial charge < -0.3 is 15.5 Å². The highest BCUT2D eigenvalue weighted by atomic mass is 35.5. The summed E-state index contributed by atoms with van der Waals surface area (Å²) in [6.07, 6.45) is 0.724. The Morgan fingerprint density at radius 3 is 2.41 bits per heavy atom. The zero-order valence-corrected chi connectivity index (χ0v) is 14.6. The van der Waals surface area contributed by atoms with Gasteiger partial charge in [0.25, 0.3) is 0 Å². The van der Waals surface area contributed by atoms with Crippen LogP contribution in [0.3, 0.4) is 0 Å². The number of amides is 1. The molecule has 2 N–H and O–H groups in total. The fraction of sp³-hybridized carbons (Fsp3) is 0.562. The van der Waals surface area contributed by atoms with Crippen LogP contribution in [0.25, 0.3) is 0 Å². The predicted molar refractivity (Wildman–Crippen MR) is 92.7 cm³/mol. The first kappa shape index (κ1) is 17.4. The molecule has 0 bridgehead atoms. The molecular weight excluding hydrogens is 321 g/mol. The van der Waals surface area contributed by atoms with E-state index in [2.05, 4.69) is 18.7 Å². The minimum absolute atomic E-state index is 0.0514. The van der Waals surface area contributed by atoms with Crippen LogP contribution in [0.2, 0.25) is 10.0 Å². The summed E-state index contributed by atoms with van der Waals surface area (Å²) < 4.78 is 0. The van der Waals surface area contributed by atoms with Gasteiger partial charge in [-0.15, -0.1) is 0 Å². The van der Waals surface area contributed by atoms with Gasteiger partial charge in [0, 0.05) is 31.2 Å². The van der Waals surface area contributed by atoms with Gasteiger partial charge in [-0.3, -0.25) is 4.79 Å². The molecule has 0 saturated carbocycles. The maximum Gasteiger partial charge on any atom is 0.239 e. The van der Waals surface area contributed by atoms with Gasteiger partial charge in [-0.05, 0) is 30.5 Å². The molecule has 22 heavy (non-hydrogen) atoms. The molecule has 4 nitrogen and oxygen atoms in total. The lowest BCUT2D eigenvalue weighted by atomic mass is 10.0. The van der Waals surface area contributed by atoms with Crippen LogP contribution in [0.5, 0.6) is 0 Å². The average molecular weight is 344 g/mol. The van der Waals surface area contributed by atoms with Crippen molar-refractivity contribution in [3.8, 4) is 0 Å². The summed E-state index contributed by atoms with van der Waals surface area (Å²) in [5.41, 5.74) is 6.96. The van der Waals surface area contributed by atoms with E-state index in [0.29, 0.717) is 29.1 Å². The van der Waals surface area contributed by atoms with Crippen LogP contribution in [-0.4, -0.2) is 43.0 Å². The van der Waals surface area contributed by atoms with Gasteiger partial charge in [-0.2, -0.15) is 0 Å². The van der Waals surface area contributed by atoms with E-state index in [1.165, 1.54) is 0 Å². The minimum atomic E-state index is -0.398. The van der Waals surface area contributed by atoms with E-state index in [0.717, 1.165) is 25.2 Å². The topological polar surface area (TPSA) is 49.6 Å². The van der Waals surface area contributed by atoms with Gasteiger partial charge in [0.05, 0.1) is 16.8 Å². The molecule has 1 aromatic rings. The summed E-state index contributed by atoms with van der Waals surface area (Å²) >= 11 is 12.2. The number of nitrogens with two attached hydrogens (primary N) is 1. The molecule has 0 aliphatic carbocycles. The lowest BCUT2D eigenvalue weighted by Crippen LogP contribution is -2.53. The molecule has 1 heterocycles. The molecule has 1 atom stereocenters. The largest absolute Gasteiger partial charge is 0.367 e. The molecule has 0 aromatic heterocycles. The third-order valence-corrected chi connectivity index (χ3v) is 4.42. The molecule has 2 rings (SSSR count). The molecule has 0 spiro atoms. The van der Waals surface area contributed by atoms with Gasteiger partial charge in [0.15, 0.2) is 0 Å². The van der Waals surface area contributed by atoms with Gasteiger partial charge in [-0.1, -0.05) is 37.0 Å². The number of nitrogens with zero attached hydrogens (tertiary/aromatic N) is 2. The van der Waals surface area contributed by atoms with Crippen molar-refractivity contribution in [2.75, 3.05) is 31.1 Å². The first-order valence-electron chi connectivity index (χ1n) is 7.63. The average Bonchev–Trinajstić information content (AvgIpc) is 2.46. The minimum Gasteiger partial charge on any atom is -0.367 e. The highest BCUT2D eigenvalue weighted by Crippen LogP contribution is 2.29. The van der Waals surface area contributed by atoms with Gasteiger partial charge in [0.1, 0.15) is 0 Å². The van der Waals surface area contributed by atoms with Crippen molar-refractivity contribution < 1.29 is 4.79 Å². The Bertz CT molecular complexity index is 528. The third-order valence-electron chi connectivity index (χ3n) is 3.88. The second-order valence-electron chi connectivity index (χ2n) is 6.14. The summed E-state index contributed by atoms with van der Waals surface area (Å²) in [6.45, 7) is 7.00. The quantitative estimate of drug-likeness (QED) is 0.913. The monoisotopic (exact) mass is 343 g/mol. The fourth-order valence-electron chi connectivity index (χ4n) is 2.75. The van der Waals surface area contributed by atoms with E-state index >= 15 is 0 Å². The number of rotatable bonds is 4. The van der Waals surface area contributed by atoms with E-state index in [4.69, 9.17) is 28.9 Å². The second-order valence-corrected chi connectivity index (χ2v) is 6.99. The molecule has 1 aliphatic rings. The normalized spacial score (nSPS) is 17.0. The van der Waals surface area contributed by atoms with Crippen molar-refractivity contribution in [3.05, 3.63) is 28.2 Å². The van der Waals surface area contributed by atoms with Gasteiger partial charge >= 0.3 is 0 Å². The Balaban J connectivity index is 1.94. The summed E-state index contributed by atoms with van der Waals surface area (Å²) in [5.74, 6) is 0.476. The number of hydrogen-bond acceptors (Lipinski definition) is 3. The summed E-state index contributed by atoms with van der Waals surface area (Å²) in [5, 5.41) is 1.27. The molecule has 0 radical (unpaired) electrons. The Kier molecular flexibility index (Phi) is 5.95. The Labute approximate surface area is 142 Å². The summed E-state index contributed by atoms with van der Waals surface area (Å²) in [7, 11) is 0. The number of carbonyl (C=O) groups excluding carboxylic acids is 1. The first-order valence-corrected chi connectivity index (χ1v) is 8.38. The van der Waals surface area contributed by atoms with Crippen molar-refractivity contribution in [1.29, 1.82) is 0 Å². The van der Waals surface area contributed by atoms with Crippen molar-refractivity contribution >= 4 is 34.8 Å². The van der Waals surface area contributed by atoms with Crippen LogP contribution in [0.4, 0.5) is 5.69 Å². The third kappa shape index (κ3) is 4.28. The Hall–Kier alpha value is -0.970. The van der Waals surface area contributed by atoms with E-state index < -0.39 is 6.04 Å². The molecule has 6 heteroatoms. The fourth-order valence-corrected chi connectivity index (χ4v) is 3.28. The van der Waals surface area contributed by atoms with Crippen molar-refractivity contribution in [2.24, 2.45) is 11.7 Å². The molecular formula is C16H23Cl2N3O. The number of benzene rings is 1. The zero-order valence-electron chi connectivity index (χ0n) is 13.1. The Morgan fingerprint density at radius 2 is 1.86 bits per heavy atom. The number of halogens is 2. The lowest BCUT2D eigenvalue weighted by Gasteiger charge is -2.37. The van der Waals surface area contributed by atoms with Crippen LogP contribution in [-0.2, 0) is 4.79 Å². The SMILES string of the molecule is CC(C)CC(N)C(=O)N1CCN(c2ccc(Cl)cc2Cl)CC1. The van der Waals surface area contributed by atoms with E-state index in [1.807, 2.05) is 17.0 Å². The van der Waals surface area contributed by atoms with E-state index in [-0.39, 0.29) is 5.91 Å². The molecule has 1 fully saturated rings. The van der Waals surface area contributed by atoms with Crippen LogP contribution in [0.1, 0.15) is 20.3 Å². The van der Waals surface area contributed by atoms with Crippen LogP contribution in [0.15, 0.2) is 18.2 Å². The van der Waals surface area contributed by atoms with Gasteiger partial charge in [-0.25, -0.2) is 0 Å². The van der Waals surface area contributed by atoms with Crippen LogP contribution >= 0.6 is 23.2 Å². The first-order chi connectivity index (χ1) is 10.4. The molecule has 1 aliphatic heterocycles. The molecule has 1 unspecified atom stereocenters. The maximum atomic E-state index is 12.3. The highest BCUT2D eigenvalue weighted by molar-refractivity contribution is 6.36. The highest BCUT2D eigenvalue weighted by Gasteiger charge is 2.26. The molecule has 1 amide bonds. The molecule has 122 valence electrons. The second kappa shape index (κ2) is 7.53. The van der Waals surface area contributed by atoms with Crippen LogP contribution in [0, 0.1) is 5.92 Å². The van der Waals surface area contributed by atoms with Crippen molar-refractivity contribution in [2.45, 2.75) is 26.3 Å². The zero-order chi connectivity index (χ0) is 16.3. The number of hydrogen-bond donors (Lipinski definition) is 1. The van der Waals surface area contributed by atoms with Crippen LogP contribution < -0.4 is 10.6 Å². The summed E-state index contributed by atoms with van der Waals surface area (Å²) in [4.78, 5) is 16.4. The standard InChI is InChI=1S/C16H23Cl2N3O/c1-11(2)9-14(19)16(22)21-7-5-20(6-8-21)15-4-3-12(17)10-13(15)18/h3-4,10-11,14H,5-9,19H2,1-2H3. The molecule has 1 saturated heterocycles. The number of anilines is 1. The molecule has 1 aromatic carbocycles. The Morgan fingerprint density at radius 1 is 1.23 bits per heavy atom. The maximum absolute atomic E-state index is 12.3. The smallest absolute Gasteiger partial charge is 0.239 e. The number of carbonyl (C=O) groups is 1. The van der Waals surface area contributed by atoms with E-state index in [9.17, 15) is 4.79 Å². The predicted octanol–water partition coefficient (Wildman–Crippen LogP) is 3.02. The summed E-state index contributed by atoms with van der Waals surface area (Å²) in [6, 6.07) is 5.10. The van der Waals surface area contributed by atoms with Crippen molar-refractivity contribution in [1.82, 2.24) is 4.90 Å². The van der Waals surface area contributed by atoms with E-state index in [1.54, 1.807) is 6.07 Å². The number of piperazine rings is 1. The lowest BCUT2D eigenvalue weighted by molar-refractivity contribution is -0.133.